The van der Waals surface area contributed by atoms with Crippen molar-refractivity contribution in [3.63, 3.8) is 0 Å². The summed E-state index contributed by atoms with van der Waals surface area (Å²) in [6.07, 6.45) is 7.75. The topological polar surface area (TPSA) is 32.3 Å². The first-order chi connectivity index (χ1) is 12.8. The van der Waals surface area contributed by atoms with E-state index in [2.05, 4.69) is 53.1 Å². The Bertz CT molecular complexity index is 687. The largest absolute Gasteiger partial charge is 0.356 e. The fourth-order valence-electron chi connectivity index (χ4n) is 4.15. The van der Waals surface area contributed by atoms with Crippen molar-refractivity contribution in [2.45, 2.75) is 45.4 Å². The number of benzene rings is 1. The number of hydrogen-bond donors (Lipinski definition) is 0. The Labute approximate surface area is 157 Å². The second-order valence-electron chi connectivity index (χ2n) is 7.87. The van der Waals surface area contributed by atoms with Crippen LogP contribution < -0.4 is 9.80 Å². The van der Waals surface area contributed by atoms with Crippen molar-refractivity contribution in [1.82, 2.24) is 9.97 Å². The van der Waals surface area contributed by atoms with Gasteiger partial charge in [0, 0.05) is 37.8 Å². The minimum atomic E-state index is 0.717. The number of piperidine rings is 1. The molecule has 2 aliphatic heterocycles. The van der Waals surface area contributed by atoms with Crippen LogP contribution in [0.1, 0.15) is 45.4 Å². The summed E-state index contributed by atoms with van der Waals surface area (Å²) >= 11 is 0. The van der Waals surface area contributed by atoms with Gasteiger partial charge >= 0.3 is 0 Å². The van der Waals surface area contributed by atoms with E-state index in [1.54, 1.807) is 0 Å². The molecule has 1 aromatic heterocycles. The van der Waals surface area contributed by atoms with Gasteiger partial charge in [-0.3, -0.25) is 0 Å². The summed E-state index contributed by atoms with van der Waals surface area (Å²) in [6, 6.07) is 12.7. The minimum absolute atomic E-state index is 0.717. The first kappa shape index (κ1) is 17.3. The Balaban J connectivity index is 1.71. The number of hydrogen-bond acceptors (Lipinski definition) is 4. The Morgan fingerprint density at radius 1 is 0.846 bits per heavy atom. The molecular formula is C22H30N4. The molecule has 1 unspecified atom stereocenters. The predicted molar refractivity (Wildman–Crippen MR) is 109 cm³/mol. The summed E-state index contributed by atoms with van der Waals surface area (Å²) in [4.78, 5) is 14.9. The van der Waals surface area contributed by atoms with Gasteiger partial charge in [0.05, 0.1) is 5.69 Å². The van der Waals surface area contributed by atoms with Crippen LogP contribution in [0.3, 0.4) is 0 Å². The first-order valence-corrected chi connectivity index (χ1v) is 10.2. The molecule has 2 aromatic rings. The Morgan fingerprint density at radius 2 is 1.58 bits per heavy atom. The maximum atomic E-state index is 5.02. The highest BCUT2D eigenvalue weighted by Gasteiger charge is 2.21. The molecule has 0 radical (unpaired) electrons. The second kappa shape index (κ2) is 8.07. The van der Waals surface area contributed by atoms with Gasteiger partial charge in [0.15, 0.2) is 0 Å². The molecule has 0 N–H and O–H groups in total. The quantitative estimate of drug-likeness (QED) is 0.799. The summed E-state index contributed by atoms with van der Waals surface area (Å²) in [6.45, 7) is 6.70. The van der Waals surface area contributed by atoms with E-state index in [9.17, 15) is 0 Å². The Kier molecular flexibility index (Phi) is 5.37. The lowest BCUT2D eigenvalue weighted by Gasteiger charge is -2.32. The van der Waals surface area contributed by atoms with Gasteiger partial charge in [-0.15, -0.1) is 0 Å². The molecule has 0 aliphatic carbocycles. The lowest BCUT2D eigenvalue weighted by Crippen LogP contribution is -2.36. The third-order valence-corrected chi connectivity index (χ3v) is 5.64. The predicted octanol–water partition coefficient (Wildman–Crippen LogP) is 4.76. The van der Waals surface area contributed by atoms with E-state index >= 15 is 0 Å². The summed E-state index contributed by atoms with van der Waals surface area (Å²) in [5.41, 5.74) is 2.23. The molecule has 2 aliphatic rings. The van der Waals surface area contributed by atoms with Crippen molar-refractivity contribution >= 4 is 11.8 Å². The van der Waals surface area contributed by atoms with E-state index in [-0.39, 0.29) is 0 Å². The van der Waals surface area contributed by atoms with E-state index in [1.807, 2.05) is 0 Å². The van der Waals surface area contributed by atoms with E-state index in [1.165, 1.54) is 44.1 Å². The van der Waals surface area contributed by atoms with Crippen LogP contribution in [0.5, 0.6) is 0 Å². The lowest BCUT2D eigenvalue weighted by atomic mass is 10.0. The van der Waals surface area contributed by atoms with Crippen molar-refractivity contribution in [1.29, 1.82) is 0 Å². The van der Waals surface area contributed by atoms with Crippen molar-refractivity contribution in [2.75, 3.05) is 36.0 Å². The zero-order chi connectivity index (χ0) is 17.8. The van der Waals surface area contributed by atoms with E-state index in [0.717, 1.165) is 49.6 Å². The van der Waals surface area contributed by atoms with Gasteiger partial charge in [-0.1, -0.05) is 50.1 Å². The first-order valence-electron chi connectivity index (χ1n) is 10.2. The van der Waals surface area contributed by atoms with Crippen LogP contribution in [0.2, 0.25) is 0 Å². The lowest BCUT2D eigenvalue weighted by molar-refractivity contribution is 0.442. The van der Waals surface area contributed by atoms with Gasteiger partial charge in [0.2, 0.25) is 5.95 Å². The Hall–Kier alpha value is -2.10. The molecule has 2 saturated heterocycles. The van der Waals surface area contributed by atoms with Gasteiger partial charge in [0.1, 0.15) is 5.82 Å². The zero-order valence-corrected chi connectivity index (χ0v) is 15.9. The van der Waals surface area contributed by atoms with Crippen molar-refractivity contribution < 1.29 is 0 Å². The van der Waals surface area contributed by atoms with Crippen LogP contribution in [0.4, 0.5) is 11.8 Å². The fourth-order valence-corrected chi connectivity index (χ4v) is 4.15. The molecule has 1 aromatic carbocycles. The second-order valence-corrected chi connectivity index (χ2v) is 7.87. The molecular weight excluding hydrogens is 320 g/mol. The average Bonchev–Trinajstić information content (AvgIpc) is 2.98. The summed E-state index contributed by atoms with van der Waals surface area (Å²) < 4.78 is 0. The SMILES string of the molecule is CC1CCCN(c2nc(-c3ccccc3)cc(N3CCCCCC3)n2)C1. The molecule has 1 atom stereocenters. The van der Waals surface area contributed by atoms with E-state index < -0.39 is 0 Å². The monoisotopic (exact) mass is 350 g/mol. The zero-order valence-electron chi connectivity index (χ0n) is 15.9. The van der Waals surface area contributed by atoms with Crippen molar-refractivity contribution in [2.24, 2.45) is 5.92 Å². The van der Waals surface area contributed by atoms with Gasteiger partial charge in [0.25, 0.3) is 0 Å². The molecule has 3 heterocycles. The van der Waals surface area contributed by atoms with Crippen LogP contribution in [-0.2, 0) is 0 Å². The highest BCUT2D eigenvalue weighted by Crippen LogP contribution is 2.28. The maximum Gasteiger partial charge on any atom is 0.227 e. The van der Waals surface area contributed by atoms with Crippen LogP contribution in [0, 0.1) is 5.92 Å². The van der Waals surface area contributed by atoms with E-state index in [4.69, 9.17) is 9.97 Å². The molecule has 0 saturated carbocycles. The molecule has 138 valence electrons. The van der Waals surface area contributed by atoms with Crippen LogP contribution in [-0.4, -0.2) is 36.1 Å². The third-order valence-electron chi connectivity index (χ3n) is 5.64. The molecule has 26 heavy (non-hydrogen) atoms. The summed E-state index contributed by atoms with van der Waals surface area (Å²) in [5, 5.41) is 0. The number of nitrogens with zero attached hydrogens (tertiary/aromatic N) is 4. The molecule has 0 spiro atoms. The average molecular weight is 351 g/mol. The minimum Gasteiger partial charge on any atom is -0.356 e. The summed E-state index contributed by atoms with van der Waals surface area (Å²) in [5.74, 6) is 2.74. The molecule has 4 heteroatoms. The molecule has 4 nitrogen and oxygen atoms in total. The highest BCUT2D eigenvalue weighted by atomic mass is 15.3. The summed E-state index contributed by atoms with van der Waals surface area (Å²) in [7, 11) is 0. The van der Waals surface area contributed by atoms with Crippen molar-refractivity contribution in [3.05, 3.63) is 36.4 Å². The number of aromatic nitrogens is 2. The van der Waals surface area contributed by atoms with E-state index in [0.29, 0.717) is 0 Å². The highest BCUT2D eigenvalue weighted by molar-refractivity contribution is 5.65. The van der Waals surface area contributed by atoms with Gasteiger partial charge in [-0.2, -0.15) is 4.98 Å². The molecule has 2 fully saturated rings. The fraction of sp³-hybridized carbons (Fsp3) is 0.545. The number of rotatable bonds is 3. The van der Waals surface area contributed by atoms with Gasteiger partial charge < -0.3 is 9.80 Å². The van der Waals surface area contributed by atoms with Gasteiger partial charge in [-0.25, -0.2) is 4.98 Å². The normalized spacial score (nSPS) is 21.5. The number of anilines is 2. The maximum absolute atomic E-state index is 5.02. The third kappa shape index (κ3) is 4.00. The standard InChI is InChI=1S/C22H30N4/c1-18-10-9-15-26(17-18)22-23-20(19-11-5-4-6-12-19)16-21(24-22)25-13-7-2-3-8-14-25/h4-6,11-12,16,18H,2-3,7-10,13-15,17H2,1H3. The van der Waals surface area contributed by atoms with Crippen molar-refractivity contribution in [3.8, 4) is 11.3 Å². The molecule has 0 bridgehead atoms. The van der Waals surface area contributed by atoms with Crippen LogP contribution in [0.25, 0.3) is 11.3 Å². The van der Waals surface area contributed by atoms with Crippen LogP contribution >= 0.6 is 0 Å². The molecule has 0 amide bonds. The van der Waals surface area contributed by atoms with Gasteiger partial charge in [-0.05, 0) is 31.6 Å². The van der Waals surface area contributed by atoms with Crippen LogP contribution in [0.15, 0.2) is 36.4 Å². The molecule has 4 rings (SSSR count). The Morgan fingerprint density at radius 3 is 2.31 bits per heavy atom. The smallest absolute Gasteiger partial charge is 0.227 e.